The van der Waals surface area contributed by atoms with Gasteiger partial charge in [-0.3, -0.25) is 4.79 Å². The maximum Gasteiger partial charge on any atom is 0.406 e. The van der Waals surface area contributed by atoms with Crippen molar-refractivity contribution < 1.29 is 19.1 Å². The first-order chi connectivity index (χ1) is 17.5. The number of hydrogen-bond acceptors (Lipinski definition) is 5. The summed E-state index contributed by atoms with van der Waals surface area (Å²) in [5, 5.41) is 9.68. The van der Waals surface area contributed by atoms with Crippen molar-refractivity contribution in [3.05, 3.63) is 70.2 Å². The number of rotatable bonds is 12. The average molecular weight is 516 g/mol. The minimum Gasteiger partial charge on any atom is -0.453 e. The quantitative estimate of drug-likeness (QED) is 0.343. The van der Waals surface area contributed by atoms with E-state index in [1.54, 1.807) is 6.07 Å². The Hall–Kier alpha value is -2.61. The molecule has 7 nitrogen and oxygen atoms in total. The van der Waals surface area contributed by atoms with Gasteiger partial charge in [0.2, 0.25) is 0 Å². The minimum atomic E-state index is -0.513. The molecule has 1 saturated carbocycles. The summed E-state index contributed by atoms with van der Waals surface area (Å²) in [5.41, 5.74) is 2.28. The van der Waals surface area contributed by atoms with E-state index in [-0.39, 0.29) is 25.1 Å². The van der Waals surface area contributed by atoms with Crippen molar-refractivity contribution in [1.82, 2.24) is 16.0 Å². The van der Waals surface area contributed by atoms with Gasteiger partial charge in [-0.2, -0.15) is 0 Å². The molecular formula is C28H38ClN3O4. The van der Waals surface area contributed by atoms with Gasteiger partial charge in [0, 0.05) is 29.7 Å². The number of nitrogens with one attached hydrogen (secondary N) is 3. The van der Waals surface area contributed by atoms with E-state index in [4.69, 9.17) is 16.3 Å². The highest BCUT2D eigenvalue weighted by molar-refractivity contribution is 6.30. The topological polar surface area (TPSA) is 88.7 Å². The standard InChI is InChI=1S/C28H38ClN3O4/c1-30-19-25(16-20-8-4-3-5-9-20)32-27(33)23-12-6-10-21(17-23)26(22-11-7-13-24(29)18-22)36-15-14-31-28(34)35-2/h6-7,10-13,17-18,20,25-26,30H,3-5,8-9,14-16,19H2,1-2H3,(H,31,34)(H,32,33)/t25-,26+/m0/s1. The van der Waals surface area contributed by atoms with Crippen molar-refractivity contribution in [2.45, 2.75) is 50.7 Å². The van der Waals surface area contributed by atoms with Crippen molar-refractivity contribution in [3.8, 4) is 0 Å². The molecule has 0 aliphatic heterocycles. The van der Waals surface area contributed by atoms with Crippen LogP contribution in [0.1, 0.15) is 66.1 Å². The predicted molar refractivity (Wildman–Crippen MR) is 142 cm³/mol. The Labute approximate surface area is 219 Å². The molecule has 1 aliphatic rings. The van der Waals surface area contributed by atoms with Gasteiger partial charge in [0.05, 0.1) is 13.7 Å². The number of ether oxygens (including phenoxy) is 2. The Bertz CT molecular complexity index is 981. The van der Waals surface area contributed by atoms with E-state index >= 15 is 0 Å². The van der Waals surface area contributed by atoms with E-state index in [0.29, 0.717) is 16.5 Å². The predicted octanol–water partition coefficient (Wildman–Crippen LogP) is 5.09. The van der Waals surface area contributed by atoms with Crippen LogP contribution in [-0.4, -0.2) is 51.9 Å². The van der Waals surface area contributed by atoms with Crippen LogP contribution < -0.4 is 16.0 Å². The molecule has 0 spiro atoms. The largest absolute Gasteiger partial charge is 0.453 e. The van der Waals surface area contributed by atoms with E-state index < -0.39 is 12.2 Å². The zero-order valence-electron chi connectivity index (χ0n) is 21.2. The number of carbonyl (C=O) groups is 2. The van der Waals surface area contributed by atoms with Crippen LogP contribution >= 0.6 is 11.6 Å². The Balaban J connectivity index is 1.73. The summed E-state index contributed by atoms with van der Waals surface area (Å²) in [6, 6.07) is 15.0. The van der Waals surface area contributed by atoms with Crippen LogP contribution in [0.5, 0.6) is 0 Å². The Morgan fingerprint density at radius 1 is 1.06 bits per heavy atom. The number of methoxy groups -OCH3 is 1. The van der Waals surface area contributed by atoms with Gasteiger partial charge in [0.15, 0.2) is 0 Å². The number of carbonyl (C=O) groups excluding carboxylic acids is 2. The maximum absolute atomic E-state index is 13.2. The van der Waals surface area contributed by atoms with E-state index in [9.17, 15) is 9.59 Å². The third-order valence-corrected chi connectivity index (χ3v) is 6.81. The normalized spacial score (nSPS) is 15.6. The zero-order chi connectivity index (χ0) is 25.8. The van der Waals surface area contributed by atoms with Crippen molar-refractivity contribution in [2.24, 2.45) is 5.92 Å². The monoisotopic (exact) mass is 515 g/mol. The lowest BCUT2D eigenvalue weighted by molar-refractivity contribution is 0.0804. The molecular weight excluding hydrogens is 478 g/mol. The van der Waals surface area contributed by atoms with Crippen LogP contribution in [0.25, 0.3) is 0 Å². The molecule has 0 radical (unpaired) electrons. The molecule has 36 heavy (non-hydrogen) atoms. The molecule has 8 heteroatoms. The van der Waals surface area contributed by atoms with Gasteiger partial charge in [-0.15, -0.1) is 0 Å². The van der Waals surface area contributed by atoms with Gasteiger partial charge in [0.25, 0.3) is 5.91 Å². The highest BCUT2D eigenvalue weighted by atomic mass is 35.5. The number of halogens is 1. The minimum absolute atomic E-state index is 0.0821. The lowest BCUT2D eigenvalue weighted by Gasteiger charge is -2.27. The summed E-state index contributed by atoms with van der Waals surface area (Å²) < 4.78 is 10.8. The number of hydrogen-bond donors (Lipinski definition) is 3. The van der Waals surface area contributed by atoms with E-state index in [1.165, 1.54) is 39.2 Å². The summed E-state index contributed by atoms with van der Waals surface area (Å²) >= 11 is 6.25. The molecule has 196 valence electrons. The van der Waals surface area contributed by atoms with Crippen LogP contribution in [0.4, 0.5) is 4.79 Å². The van der Waals surface area contributed by atoms with Gasteiger partial charge in [-0.05, 0) is 54.8 Å². The van der Waals surface area contributed by atoms with Gasteiger partial charge in [-0.1, -0.05) is 68.0 Å². The molecule has 2 aromatic carbocycles. The van der Waals surface area contributed by atoms with E-state index in [2.05, 4.69) is 20.7 Å². The lowest BCUT2D eigenvalue weighted by atomic mass is 9.84. The average Bonchev–Trinajstić information content (AvgIpc) is 2.89. The van der Waals surface area contributed by atoms with Crippen LogP contribution in [0.15, 0.2) is 48.5 Å². The number of likely N-dealkylation sites (N-methyl/N-ethyl adjacent to an activating group) is 1. The maximum atomic E-state index is 13.2. The molecule has 1 fully saturated rings. The highest BCUT2D eigenvalue weighted by Crippen LogP contribution is 2.29. The number of amides is 2. The second-order valence-corrected chi connectivity index (χ2v) is 9.75. The molecule has 3 N–H and O–H groups in total. The second-order valence-electron chi connectivity index (χ2n) is 9.32. The molecule has 2 atom stereocenters. The van der Waals surface area contributed by atoms with Crippen LogP contribution in [0.3, 0.4) is 0 Å². The second kappa shape index (κ2) is 14.8. The van der Waals surface area contributed by atoms with Crippen molar-refractivity contribution in [2.75, 3.05) is 33.9 Å². The molecule has 0 unspecified atom stereocenters. The molecule has 0 aromatic heterocycles. The summed E-state index contributed by atoms with van der Waals surface area (Å²) in [4.78, 5) is 24.6. The summed E-state index contributed by atoms with van der Waals surface area (Å²) in [6.07, 6.45) is 6.41. The smallest absolute Gasteiger partial charge is 0.406 e. The van der Waals surface area contributed by atoms with Gasteiger partial charge >= 0.3 is 6.09 Å². The summed E-state index contributed by atoms with van der Waals surface area (Å²) in [5.74, 6) is 0.577. The van der Waals surface area contributed by atoms with E-state index in [0.717, 1.165) is 24.1 Å². The van der Waals surface area contributed by atoms with E-state index in [1.807, 2.05) is 49.5 Å². The summed E-state index contributed by atoms with van der Waals surface area (Å²) in [7, 11) is 3.24. The first kappa shape index (κ1) is 28.0. The summed E-state index contributed by atoms with van der Waals surface area (Å²) in [6.45, 7) is 1.29. The fraction of sp³-hybridized carbons (Fsp3) is 0.500. The molecule has 2 aromatic rings. The third kappa shape index (κ3) is 8.80. The van der Waals surface area contributed by atoms with Crippen molar-refractivity contribution in [1.29, 1.82) is 0 Å². The lowest BCUT2D eigenvalue weighted by Crippen LogP contribution is -2.42. The molecule has 0 saturated heterocycles. The van der Waals surface area contributed by atoms with Crippen LogP contribution in [0.2, 0.25) is 5.02 Å². The fourth-order valence-corrected chi connectivity index (χ4v) is 5.03. The van der Waals surface area contributed by atoms with Crippen LogP contribution in [0, 0.1) is 5.92 Å². The van der Waals surface area contributed by atoms with Gasteiger partial charge < -0.3 is 25.4 Å². The Morgan fingerprint density at radius 2 is 1.78 bits per heavy atom. The van der Waals surface area contributed by atoms with Gasteiger partial charge in [-0.25, -0.2) is 4.79 Å². The first-order valence-corrected chi connectivity index (χ1v) is 13.1. The molecule has 2 amide bonds. The molecule has 0 bridgehead atoms. The zero-order valence-corrected chi connectivity index (χ0v) is 22.0. The van der Waals surface area contributed by atoms with Gasteiger partial charge in [0.1, 0.15) is 6.10 Å². The highest BCUT2D eigenvalue weighted by Gasteiger charge is 2.22. The molecule has 0 heterocycles. The molecule has 1 aliphatic carbocycles. The third-order valence-electron chi connectivity index (χ3n) is 6.57. The Morgan fingerprint density at radius 3 is 2.47 bits per heavy atom. The van der Waals surface area contributed by atoms with Crippen molar-refractivity contribution >= 4 is 23.6 Å². The number of benzene rings is 2. The Kier molecular flexibility index (Phi) is 11.5. The SMILES string of the molecule is CNC[C@H](CC1CCCCC1)NC(=O)c1cccc([C@@H](OCCNC(=O)OC)c2cccc(Cl)c2)c1. The molecule has 3 rings (SSSR count). The first-order valence-electron chi connectivity index (χ1n) is 12.7. The van der Waals surface area contributed by atoms with Crippen molar-refractivity contribution in [3.63, 3.8) is 0 Å². The van der Waals surface area contributed by atoms with Crippen LogP contribution in [-0.2, 0) is 9.47 Å². The fourth-order valence-electron chi connectivity index (χ4n) is 4.83. The number of alkyl carbamates (subject to hydrolysis) is 1.